The summed E-state index contributed by atoms with van der Waals surface area (Å²) in [7, 11) is 0. The van der Waals surface area contributed by atoms with Crippen molar-refractivity contribution < 1.29 is 14.7 Å². The maximum atomic E-state index is 11.0. The number of primary amides is 1. The highest BCUT2D eigenvalue weighted by molar-refractivity contribution is 7.12. The van der Waals surface area contributed by atoms with Gasteiger partial charge < -0.3 is 10.8 Å². The zero-order valence-corrected chi connectivity index (χ0v) is 10.1. The molecular weight excluding hydrogens is 240 g/mol. The van der Waals surface area contributed by atoms with Gasteiger partial charge in [-0.3, -0.25) is 9.69 Å². The average molecular weight is 254 g/mol. The van der Waals surface area contributed by atoms with Crippen molar-refractivity contribution in [1.82, 2.24) is 4.90 Å². The van der Waals surface area contributed by atoms with E-state index in [4.69, 9.17) is 10.8 Å². The van der Waals surface area contributed by atoms with E-state index in [0.717, 1.165) is 18.5 Å². The number of carbonyl (C=O) groups is 2. The Morgan fingerprint density at radius 1 is 1.59 bits per heavy atom. The molecule has 0 spiro atoms. The van der Waals surface area contributed by atoms with E-state index < -0.39 is 5.97 Å². The van der Waals surface area contributed by atoms with Gasteiger partial charge in [0.1, 0.15) is 4.88 Å². The van der Waals surface area contributed by atoms with E-state index in [0.29, 0.717) is 18.0 Å². The number of likely N-dealkylation sites (tertiary alicyclic amines) is 1. The highest BCUT2D eigenvalue weighted by Gasteiger charge is 2.27. The van der Waals surface area contributed by atoms with Gasteiger partial charge in [0.25, 0.3) is 0 Å². The summed E-state index contributed by atoms with van der Waals surface area (Å²) < 4.78 is 0. The molecule has 3 N–H and O–H groups in total. The summed E-state index contributed by atoms with van der Waals surface area (Å²) in [5.41, 5.74) is 6.07. The third kappa shape index (κ3) is 2.65. The Morgan fingerprint density at radius 3 is 2.94 bits per heavy atom. The van der Waals surface area contributed by atoms with Crippen LogP contribution < -0.4 is 5.73 Å². The van der Waals surface area contributed by atoms with Gasteiger partial charge in [-0.15, -0.1) is 11.3 Å². The summed E-state index contributed by atoms with van der Waals surface area (Å²) in [5.74, 6) is -1.25. The maximum absolute atomic E-state index is 11.0. The maximum Gasteiger partial charge on any atom is 0.346 e. The fraction of sp³-hybridized carbons (Fsp3) is 0.455. The molecule has 1 aromatic rings. The highest BCUT2D eigenvalue weighted by Crippen LogP contribution is 2.22. The normalized spacial score (nSPS) is 20.6. The number of carbonyl (C=O) groups excluding carboxylic acids is 1. The lowest BCUT2D eigenvalue weighted by Gasteiger charge is -2.14. The minimum atomic E-state index is -0.888. The first kappa shape index (κ1) is 12.1. The van der Waals surface area contributed by atoms with Gasteiger partial charge in [0.15, 0.2) is 0 Å². The van der Waals surface area contributed by atoms with Gasteiger partial charge in [-0.2, -0.15) is 0 Å². The average Bonchev–Trinajstić information content (AvgIpc) is 2.86. The second-order valence-electron chi connectivity index (χ2n) is 4.20. The Hall–Kier alpha value is -1.40. The largest absolute Gasteiger partial charge is 0.477 e. The predicted octanol–water partition coefficient (Wildman–Crippen LogP) is 0.753. The van der Waals surface area contributed by atoms with Crippen LogP contribution in [-0.2, 0) is 11.3 Å². The first-order valence-corrected chi connectivity index (χ1v) is 6.27. The number of amides is 1. The number of hydrogen-bond donors (Lipinski definition) is 2. The topological polar surface area (TPSA) is 83.6 Å². The third-order valence-corrected chi connectivity index (χ3v) is 3.95. The van der Waals surface area contributed by atoms with Crippen LogP contribution in [0, 0.1) is 5.92 Å². The lowest BCUT2D eigenvalue weighted by Crippen LogP contribution is -2.27. The van der Waals surface area contributed by atoms with Crippen molar-refractivity contribution in [1.29, 1.82) is 0 Å². The van der Waals surface area contributed by atoms with Crippen LogP contribution in [0.15, 0.2) is 11.4 Å². The predicted molar refractivity (Wildman–Crippen MR) is 63.9 cm³/mol. The molecular formula is C11H14N2O3S. The Kier molecular flexibility index (Phi) is 3.44. The molecule has 92 valence electrons. The van der Waals surface area contributed by atoms with E-state index in [-0.39, 0.29) is 11.8 Å². The van der Waals surface area contributed by atoms with E-state index in [1.165, 1.54) is 11.3 Å². The Labute approximate surface area is 103 Å². The van der Waals surface area contributed by atoms with Gasteiger partial charge in [0, 0.05) is 13.1 Å². The second kappa shape index (κ2) is 4.85. The summed E-state index contributed by atoms with van der Waals surface area (Å²) >= 11 is 1.23. The molecule has 6 heteroatoms. The van der Waals surface area contributed by atoms with Crippen LogP contribution in [0.4, 0.5) is 0 Å². The molecule has 0 bridgehead atoms. The second-order valence-corrected chi connectivity index (χ2v) is 5.12. The Morgan fingerprint density at radius 2 is 2.35 bits per heavy atom. The molecule has 17 heavy (non-hydrogen) atoms. The van der Waals surface area contributed by atoms with Crippen LogP contribution in [0.1, 0.15) is 21.7 Å². The Bertz CT molecular complexity index is 444. The highest BCUT2D eigenvalue weighted by atomic mass is 32.1. The minimum absolute atomic E-state index is 0.0955. The molecule has 1 fully saturated rings. The zero-order valence-electron chi connectivity index (χ0n) is 9.26. The standard InChI is InChI=1S/C11H14N2O3S/c12-10(14)8-1-3-13(6-8)5-7-2-4-17-9(7)11(15)16/h2,4,8H,1,3,5-6H2,(H2,12,14)(H,15,16). The number of nitrogens with two attached hydrogens (primary N) is 1. The molecule has 0 aliphatic carbocycles. The molecule has 0 saturated carbocycles. The van der Waals surface area contributed by atoms with E-state index in [1.807, 2.05) is 6.07 Å². The van der Waals surface area contributed by atoms with E-state index in [2.05, 4.69) is 4.90 Å². The number of aromatic carboxylic acids is 1. The number of nitrogens with zero attached hydrogens (tertiary/aromatic N) is 1. The third-order valence-electron chi connectivity index (χ3n) is 3.01. The van der Waals surface area contributed by atoms with E-state index >= 15 is 0 Å². The molecule has 1 aliphatic heterocycles. The summed E-state index contributed by atoms with van der Waals surface area (Å²) in [6.07, 6.45) is 0.766. The first-order valence-electron chi connectivity index (χ1n) is 5.39. The lowest BCUT2D eigenvalue weighted by atomic mass is 10.1. The van der Waals surface area contributed by atoms with Crippen LogP contribution in [0.25, 0.3) is 0 Å². The van der Waals surface area contributed by atoms with Crippen molar-refractivity contribution in [2.45, 2.75) is 13.0 Å². The van der Waals surface area contributed by atoms with Crippen molar-refractivity contribution in [3.8, 4) is 0 Å². The lowest BCUT2D eigenvalue weighted by molar-refractivity contribution is -0.121. The quantitative estimate of drug-likeness (QED) is 0.830. The molecule has 1 amide bonds. The SMILES string of the molecule is NC(=O)C1CCN(Cc2ccsc2C(=O)O)C1. The van der Waals surface area contributed by atoms with Crippen LogP contribution in [0.2, 0.25) is 0 Å². The van der Waals surface area contributed by atoms with Gasteiger partial charge in [0.2, 0.25) is 5.91 Å². The summed E-state index contributed by atoms with van der Waals surface area (Å²) in [6, 6.07) is 1.83. The molecule has 0 aromatic carbocycles. The van der Waals surface area contributed by atoms with Crippen LogP contribution in [0.3, 0.4) is 0 Å². The molecule has 5 nitrogen and oxygen atoms in total. The zero-order chi connectivity index (χ0) is 12.4. The van der Waals surface area contributed by atoms with Crippen LogP contribution in [0.5, 0.6) is 0 Å². The summed E-state index contributed by atoms with van der Waals surface area (Å²) in [6.45, 7) is 2.00. The fourth-order valence-corrected chi connectivity index (χ4v) is 2.85. The minimum Gasteiger partial charge on any atom is -0.477 e. The van der Waals surface area contributed by atoms with Gasteiger partial charge in [0.05, 0.1) is 5.92 Å². The van der Waals surface area contributed by atoms with Crippen molar-refractivity contribution >= 4 is 23.2 Å². The van der Waals surface area contributed by atoms with Gasteiger partial charge in [-0.05, 0) is 30.0 Å². The van der Waals surface area contributed by atoms with Gasteiger partial charge >= 0.3 is 5.97 Å². The summed E-state index contributed by atoms with van der Waals surface area (Å²) in [5, 5.41) is 10.8. The fourth-order valence-electron chi connectivity index (χ4n) is 2.10. The first-order chi connectivity index (χ1) is 8.08. The van der Waals surface area contributed by atoms with Crippen molar-refractivity contribution in [3.63, 3.8) is 0 Å². The number of rotatable bonds is 4. The molecule has 0 radical (unpaired) electrons. The molecule has 2 heterocycles. The molecule has 1 aliphatic rings. The Balaban J connectivity index is 2.00. The smallest absolute Gasteiger partial charge is 0.346 e. The molecule has 1 aromatic heterocycles. The van der Waals surface area contributed by atoms with E-state index in [1.54, 1.807) is 5.38 Å². The van der Waals surface area contributed by atoms with Crippen LogP contribution >= 0.6 is 11.3 Å². The van der Waals surface area contributed by atoms with E-state index in [9.17, 15) is 9.59 Å². The summed E-state index contributed by atoms with van der Waals surface area (Å²) in [4.78, 5) is 24.4. The molecule has 1 atom stereocenters. The molecule has 1 unspecified atom stereocenters. The van der Waals surface area contributed by atoms with Crippen molar-refractivity contribution in [3.05, 3.63) is 21.9 Å². The number of carboxylic acid groups (broad SMARTS) is 1. The monoisotopic (exact) mass is 254 g/mol. The van der Waals surface area contributed by atoms with Gasteiger partial charge in [-0.25, -0.2) is 4.79 Å². The number of thiophene rings is 1. The van der Waals surface area contributed by atoms with Crippen molar-refractivity contribution in [2.24, 2.45) is 11.7 Å². The molecule has 1 saturated heterocycles. The number of hydrogen-bond acceptors (Lipinski definition) is 4. The van der Waals surface area contributed by atoms with Crippen molar-refractivity contribution in [2.75, 3.05) is 13.1 Å². The van der Waals surface area contributed by atoms with Crippen LogP contribution in [-0.4, -0.2) is 35.0 Å². The number of carboxylic acids is 1. The molecule has 2 rings (SSSR count). The van der Waals surface area contributed by atoms with Gasteiger partial charge in [-0.1, -0.05) is 0 Å².